The molecular weight excluding hydrogens is 359 g/mol. The van der Waals surface area contributed by atoms with Gasteiger partial charge >= 0.3 is 62.3 Å². The van der Waals surface area contributed by atoms with Crippen molar-refractivity contribution < 1.29 is 32.2 Å². The van der Waals surface area contributed by atoms with Crippen molar-refractivity contribution in [3.63, 3.8) is 0 Å². The van der Waals surface area contributed by atoms with Crippen LogP contribution < -0.4 is 0 Å². The van der Waals surface area contributed by atoms with Gasteiger partial charge in [0.05, 0.1) is 0 Å². The molecule has 0 aliphatic heterocycles. The van der Waals surface area contributed by atoms with Crippen LogP contribution in [0.3, 0.4) is 0 Å². The van der Waals surface area contributed by atoms with Gasteiger partial charge in [0.15, 0.2) is 0 Å². The summed E-state index contributed by atoms with van der Waals surface area (Å²) >= 11 is 7.21. The van der Waals surface area contributed by atoms with Crippen LogP contribution in [-0.4, -0.2) is 78.2 Å². The van der Waals surface area contributed by atoms with E-state index in [-0.39, 0.29) is 51.7 Å². The van der Waals surface area contributed by atoms with Gasteiger partial charge in [0.25, 0.3) is 0 Å². The van der Waals surface area contributed by atoms with Gasteiger partial charge in [-0.15, -0.1) is 0 Å². The second kappa shape index (κ2) is 7.98. The van der Waals surface area contributed by atoms with Crippen molar-refractivity contribution in [3.8, 4) is 0 Å². The van der Waals surface area contributed by atoms with Crippen molar-refractivity contribution in [2.24, 2.45) is 0 Å². The maximum Gasteiger partial charge on any atom is 2.00 e. The molecule has 11 heteroatoms. The fraction of sp³-hybridized carbons (Fsp3) is 0. The molecule has 0 amide bonds. The Morgan fingerprint density at radius 1 is 0.727 bits per heavy atom. The quantitative estimate of drug-likeness (QED) is 0.220. The van der Waals surface area contributed by atoms with Crippen LogP contribution in [0.4, 0.5) is 0 Å². The molecule has 0 saturated heterocycles. The Hall–Kier alpha value is 2.63. The summed E-state index contributed by atoms with van der Waals surface area (Å²) in [7, 11) is 0. The average molecular weight is 367 g/mol. The summed E-state index contributed by atoms with van der Waals surface area (Å²) in [5, 5.41) is 0. The van der Waals surface area contributed by atoms with Crippen LogP contribution >= 0.6 is 13.4 Å². The topological polar surface area (TPSA) is 121 Å². The second-order valence-corrected chi connectivity index (χ2v) is 6.02. The minimum atomic E-state index is -3.81. The van der Waals surface area contributed by atoms with E-state index in [0.29, 0.717) is 0 Å². The Labute approximate surface area is 116 Å². The molecule has 0 aromatic carbocycles. The average Bonchev–Trinajstić information content (AvgIpc) is 1.12. The van der Waals surface area contributed by atoms with Gasteiger partial charge in [0, 0.05) is 0 Å². The van der Waals surface area contributed by atoms with Gasteiger partial charge in [0.1, 0.15) is 0 Å². The summed E-state index contributed by atoms with van der Waals surface area (Å²) < 4.78 is 0. The molecule has 0 radical (unpaired) electrons. The molecule has 0 spiro atoms. The Balaban J connectivity index is -0.0000000267. The largest absolute Gasteiger partial charge is 2.00 e. The Morgan fingerprint density at radius 3 is 0.727 bits per heavy atom. The van der Waals surface area contributed by atoms with Gasteiger partial charge in [-0.25, -0.2) is 0 Å². The van der Waals surface area contributed by atoms with Gasteiger partial charge in [-0.05, 0) is 23.6 Å². The molecular formula is H8BaO6P2S2. The number of rotatable bonds is 0. The predicted molar refractivity (Wildman–Crippen MR) is 49.9 cm³/mol. The smallest absolute Gasteiger partial charge is 1.00 e. The SMILES string of the molecule is OP(O)(O)=S.OP(O)(O)=S.[Ba+2].[H-].[H-]. The molecule has 0 bridgehead atoms. The van der Waals surface area contributed by atoms with E-state index in [0.717, 1.165) is 0 Å². The van der Waals surface area contributed by atoms with Crippen molar-refractivity contribution >= 4 is 85.9 Å². The standard InChI is InChI=1S/Ba.2H3O3PS.2H/c;2*1-4(2,3)5;;/h;2*(H3,1,2,3,5);;/q+2;;;2*-1. The Morgan fingerprint density at radius 2 is 0.727 bits per heavy atom. The summed E-state index contributed by atoms with van der Waals surface area (Å²) in [4.78, 5) is 45.3. The maximum absolute atomic E-state index is 7.56. The van der Waals surface area contributed by atoms with Crippen LogP contribution in [0.25, 0.3) is 0 Å². The number of hydrogen-bond acceptors (Lipinski definition) is 2. The first-order valence-electron chi connectivity index (χ1n) is 1.57. The van der Waals surface area contributed by atoms with Crippen LogP contribution in [0.5, 0.6) is 0 Å². The molecule has 0 aliphatic rings. The first-order chi connectivity index (χ1) is 4.00. The molecule has 0 saturated carbocycles. The fourth-order valence-corrected chi connectivity index (χ4v) is 0. The monoisotopic (exact) mass is 368 g/mol. The zero-order valence-corrected chi connectivity index (χ0v) is 13.0. The first-order valence-corrected chi connectivity index (χ1v) is 6.89. The Kier molecular flexibility index (Phi) is 14.0. The molecule has 0 aliphatic carbocycles. The fourth-order valence-electron chi connectivity index (χ4n) is 0. The van der Waals surface area contributed by atoms with Crippen molar-refractivity contribution in [3.05, 3.63) is 0 Å². The van der Waals surface area contributed by atoms with E-state index < -0.39 is 13.4 Å². The minimum Gasteiger partial charge on any atom is -1.00 e. The van der Waals surface area contributed by atoms with E-state index in [9.17, 15) is 0 Å². The summed E-state index contributed by atoms with van der Waals surface area (Å²) in [6.45, 7) is -7.61. The molecule has 0 fully saturated rings. The van der Waals surface area contributed by atoms with Gasteiger partial charge in [-0.2, -0.15) is 0 Å². The molecule has 0 unspecified atom stereocenters. The zero-order chi connectivity index (χ0) is 9.00. The molecule has 11 heavy (non-hydrogen) atoms. The molecule has 0 aromatic rings. The van der Waals surface area contributed by atoms with Crippen LogP contribution in [0.2, 0.25) is 0 Å². The van der Waals surface area contributed by atoms with E-state index >= 15 is 0 Å². The van der Waals surface area contributed by atoms with Crippen LogP contribution in [0, 0.1) is 0 Å². The van der Waals surface area contributed by atoms with Crippen molar-refractivity contribution in [1.82, 2.24) is 0 Å². The van der Waals surface area contributed by atoms with Crippen LogP contribution in [-0.2, 0) is 23.6 Å². The minimum absolute atomic E-state index is 0. The van der Waals surface area contributed by atoms with Gasteiger partial charge in [-0.3, -0.25) is 0 Å². The third kappa shape index (κ3) is 206. The summed E-state index contributed by atoms with van der Waals surface area (Å²) in [5.74, 6) is 0. The van der Waals surface area contributed by atoms with Crippen molar-refractivity contribution in [1.29, 1.82) is 0 Å². The molecule has 6 nitrogen and oxygen atoms in total. The van der Waals surface area contributed by atoms with Gasteiger partial charge in [0.2, 0.25) is 0 Å². The first kappa shape index (κ1) is 19.2. The summed E-state index contributed by atoms with van der Waals surface area (Å²) in [6, 6.07) is 0. The number of hydrogen-bond donors (Lipinski definition) is 6. The van der Waals surface area contributed by atoms with E-state index in [1.54, 1.807) is 0 Å². The van der Waals surface area contributed by atoms with E-state index in [2.05, 4.69) is 23.6 Å². The summed E-state index contributed by atoms with van der Waals surface area (Å²) in [6.07, 6.45) is 0. The van der Waals surface area contributed by atoms with Crippen LogP contribution in [0.15, 0.2) is 0 Å². The van der Waals surface area contributed by atoms with Crippen molar-refractivity contribution in [2.75, 3.05) is 0 Å². The molecule has 6 N–H and O–H groups in total. The zero-order valence-electron chi connectivity index (χ0n) is 7.10. The van der Waals surface area contributed by atoms with E-state index in [1.165, 1.54) is 0 Å². The second-order valence-electron chi connectivity index (χ2n) is 1.03. The molecule has 0 rings (SSSR count). The normalized spacial score (nSPS) is 10.7. The predicted octanol–water partition coefficient (Wildman–Crippen LogP) is -1.78. The molecule has 0 aromatic heterocycles. The van der Waals surface area contributed by atoms with Crippen LogP contribution in [0.1, 0.15) is 2.85 Å². The molecule has 68 valence electrons. The molecule has 0 heterocycles. The van der Waals surface area contributed by atoms with E-state index in [1.807, 2.05) is 0 Å². The van der Waals surface area contributed by atoms with Gasteiger partial charge in [-0.1, -0.05) is 0 Å². The van der Waals surface area contributed by atoms with Crippen molar-refractivity contribution in [2.45, 2.75) is 0 Å². The third-order valence-electron chi connectivity index (χ3n) is 0. The molecule has 0 atom stereocenters. The third-order valence-corrected chi connectivity index (χ3v) is 0. The summed E-state index contributed by atoms with van der Waals surface area (Å²) in [5.41, 5.74) is 0. The van der Waals surface area contributed by atoms with E-state index in [4.69, 9.17) is 29.4 Å². The van der Waals surface area contributed by atoms with Gasteiger partial charge < -0.3 is 32.2 Å². The maximum atomic E-state index is 7.56. The Bertz CT molecular complexity index is 139.